The minimum Gasteiger partial charge on any atom is -0.351 e. The molecule has 1 aliphatic carbocycles. The molecule has 0 unspecified atom stereocenters. The molecule has 0 saturated heterocycles. The summed E-state index contributed by atoms with van der Waals surface area (Å²) in [6.07, 6.45) is 8.83. The van der Waals surface area contributed by atoms with E-state index in [0.29, 0.717) is 12.6 Å². The quantitative estimate of drug-likeness (QED) is 0.907. The summed E-state index contributed by atoms with van der Waals surface area (Å²) in [7, 11) is 2.02. The standard InChI is InChI=1S/C14H21N5/c1-18-10-17-13-12(18)6-8-16-14(13)19(9-7-15)11-4-2-3-5-11/h6,8,10-11H,2-5,7,9,15H2,1H3. The van der Waals surface area contributed by atoms with Crippen molar-refractivity contribution in [2.45, 2.75) is 31.7 Å². The summed E-state index contributed by atoms with van der Waals surface area (Å²) in [5.74, 6) is 0.996. The number of imidazole rings is 1. The van der Waals surface area contributed by atoms with Gasteiger partial charge >= 0.3 is 0 Å². The van der Waals surface area contributed by atoms with Crippen LogP contribution in [-0.2, 0) is 7.05 Å². The summed E-state index contributed by atoms with van der Waals surface area (Å²) < 4.78 is 2.04. The molecule has 2 aromatic rings. The largest absolute Gasteiger partial charge is 0.351 e. The molecule has 2 aromatic heterocycles. The van der Waals surface area contributed by atoms with Crippen LogP contribution in [0.4, 0.5) is 5.82 Å². The van der Waals surface area contributed by atoms with Crippen LogP contribution in [0.15, 0.2) is 18.6 Å². The normalized spacial score (nSPS) is 16.3. The fourth-order valence-electron chi connectivity index (χ4n) is 3.07. The maximum atomic E-state index is 5.79. The Labute approximate surface area is 113 Å². The van der Waals surface area contributed by atoms with Gasteiger partial charge in [-0.15, -0.1) is 0 Å². The van der Waals surface area contributed by atoms with Gasteiger partial charge in [0, 0.05) is 32.4 Å². The maximum absolute atomic E-state index is 5.79. The van der Waals surface area contributed by atoms with Crippen molar-refractivity contribution in [3.8, 4) is 0 Å². The minimum atomic E-state index is 0.573. The highest BCUT2D eigenvalue weighted by Gasteiger charge is 2.25. The Kier molecular flexibility index (Phi) is 3.38. The summed E-state index contributed by atoms with van der Waals surface area (Å²) >= 11 is 0. The molecule has 3 rings (SSSR count). The monoisotopic (exact) mass is 259 g/mol. The molecule has 5 nitrogen and oxygen atoms in total. The van der Waals surface area contributed by atoms with Gasteiger partial charge in [0.15, 0.2) is 5.82 Å². The van der Waals surface area contributed by atoms with E-state index in [4.69, 9.17) is 5.73 Å². The first-order valence-corrected chi connectivity index (χ1v) is 7.04. The fourth-order valence-corrected chi connectivity index (χ4v) is 3.07. The van der Waals surface area contributed by atoms with Gasteiger partial charge in [-0.1, -0.05) is 12.8 Å². The first-order valence-electron chi connectivity index (χ1n) is 7.04. The highest BCUT2D eigenvalue weighted by Crippen LogP contribution is 2.30. The molecule has 0 aromatic carbocycles. The van der Waals surface area contributed by atoms with E-state index in [1.807, 2.05) is 30.2 Å². The first-order chi connectivity index (χ1) is 9.31. The molecule has 5 heteroatoms. The van der Waals surface area contributed by atoms with Crippen LogP contribution in [0.1, 0.15) is 25.7 Å². The van der Waals surface area contributed by atoms with Crippen LogP contribution >= 0.6 is 0 Å². The predicted molar refractivity (Wildman–Crippen MR) is 77.2 cm³/mol. The van der Waals surface area contributed by atoms with Crippen LogP contribution < -0.4 is 10.6 Å². The van der Waals surface area contributed by atoms with Crippen molar-refractivity contribution in [2.75, 3.05) is 18.0 Å². The average molecular weight is 259 g/mol. The van der Waals surface area contributed by atoms with E-state index in [1.54, 1.807) is 0 Å². The summed E-state index contributed by atoms with van der Waals surface area (Å²) in [6.45, 7) is 1.51. The number of aryl methyl sites for hydroxylation is 1. The smallest absolute Gasteiger partial charge is 0.157 e. The van der Waals surface area contributed by atoms with Crippen molar-refractivity contribution < 1.29 is 0 Å². The molecule has 1 fully saturated rings. The molecule has 0 aliphatic heterocycles. The van der Waals surface area contributed by atoms with Gasteiger partial charge in [0.1, 0.15) is 5.52 Å². The lowest BCUT2D eigenvalue weighted by Crippen LogP contribution is -2.38. The lowest BCUT2D eigenvalue weighted by Gasteiger charge is -2.29. The van der Waals surface area contributed by atoms with Gasteiger partial charge < -0.3 is 15.2 Å². The molecule has 19 heavy (non-hydrogen) atoms. The highest BCUT2D eigenvalue weighted by molar-refractivity contribution is 5.86. The number of hydrogen-bond donors (Lipinski definition) is 1. The van der Waals surface area contributed by atoms with Crippen LogP contribution in [0.25, 0.3) is 11.0 Å². The third-order valence-electron chi connectivity index (χ3n) is 4.03. The number of fused-ring (bicyclic) bond motifs is 1. The minimum absolute atomic E-state index is 0.573. The second kappa shape index (κ2) is 5.17. The zero-order chi connectivity index (χ0) is 13.2. The van der Waals surface area contributed by atoms with E-state index in [0.717, 1.165) is 23.4 Å². The summed E-state index contributed by atoms with van der Waals surface area (Å²) in [5.41, 5.74) is 7.91. The van der Waals surface area contributed by atoms with E-state index >= 15 is 0 Å². The molecule has 0 atom stereocenters. The number of hydrogen-bond acceptors (Lipinski definition) is 4. The van der Waals surface area contributed by atoms with Gasteiger partial charge in [-0.2, -0.15) is 0 Å². The molecular weight excluding hydrogens is 238 g/mol. The third kappa shape index (κ3) is 2.18. The Morgan fingerprint density at radius 1 is 1.37 bits per heavy atom. The van der Waals surface area contributed by atoms with Crippen molar-refractivity contribution in [1.29, 1.82) is 0 Å². The lowest BCUT2D eigenvalue weighted by atomic mass is 10.2. The molecular formula is C14H21N5. The van der Waals surface area contributed by atoms with Crippen LogP contribution in [0.2, 0.25) is 0 Å². The number of aromatic nitrogens is 3. The van der Waals surface area contributed by atoms with Crippen molar-refractivity contribution >= 4 is 16.9 Å². The zero-order valence-electron chi connectivity index (χ0n) is 11.4. The van der Waals surface area contributed by atoms with Crippen molar-refractivity contribution in [1.82, 2.24) is 14.5 Å². The molecule has 0 spiro atoms. The number of nitrogens with two attached hydrogens (primary N) is 1. The van der Waals surface area contributed by atoms with Gasteiger partial charge in [-0.3, -0.25) is 0 Å². The number of anilines is 1. The van der Waals surface area contributed by atoms with E-state index in [2.05, 4.69) is 14.9 Å². The summed E-state index contributed by atoms with van der Waals surface area (Å²) in [6, 6.07) is 2.59. The molecule has 1 aliphatic rings. The SMILES string of the molecule is Cn1cnc2c(N(CCN)C3CCCC3)nccc21. The Bertz CT molecular complexity index is 556. The van der Waals surface area contributed by atoms with Crippen molar-refractivity contribution in [3.63, 3.8) is 0 Å². The molecule has 0 bridgehead atoms. The fraction of sp³-hybridized carbons (Fsp3) is 0.571. The third-order valence-corrected chi connectivity index (χ3v) is 4.03. The maximum Gasteiger partial charge on any atom is 0.157 e. The van der Waals surface area contributed by atoms with Gasteiger partial charge in [0.05, 0.1) is 11.8 Å². The Hall–Kier alpha value is -1.62. The first kappa shape index (κ1) is 12.4. The van der Waals surface area contributed by atoms with E-state index < -0.39 is 0 Å². The lowest BCUT2D eigenvalue weighted by molar-refractivity contribution is 0.604. The van der Waals surface area contributed by atoms with Crippen molar-refractivity contribution in [3.05, 3.63) is 18.6 Å². The van der Waals surface area contributed by atoms with Crippen molar-refractivity contribution in [2.24, 2.45) is 12.8 Å². The topological polar surface area (TPSA) is 60.0 Å². The molecule has 2 N–H and O–H groups in total. The van der Waals surface area contributed by atoms with E-state index in [9.17, 15) is 0 Å². The Morgan fingerprint density at radius 2 is 2.16 bits per heavy atom. The van der Waals surface area contributed by atoms with Gasteiger partial charge in [0.2, 0.25) is 0 Å². The number of nitrogens with zero attached hydrogens (tertiary/aromatic N) is 4. The van der Waals surface area contributed by atoms with Crippen LogP contribution in [-0.4, -0.2) is 33.7 Å². The second-order valence-corrected chi connectivity index (χ2v) is 5.28. The van der Waals surface area contributed by atoms with Gasteiger partial charge in [-0.25, -0.2) is 9.97 Å². The average Bonchev–Trinajstić information content (AvgIpc) is 3.06. The Morgan fingerprint density at radius 3 is 2.89 bits per heavy atom. The molecule has 2 heterocycles. The van der Waals surface area contributed by atoms with Crippen LogP contribution in [0.3, 0.4) is 0 Å². The molecule has 1 saturated carbocycles. The van der Waals surface area contributed by atoms with Crippen LogP contribution in [0, 0.1) is 0 Å². The molecule has 102 valence electrons. The molecule has 0 amide bonds. The zero-order valence-corrected chi connectivity index (χ0v) is 11.4. The van der Waals surface area contributed by atoms with Gasteiger partial charge in [0.25, 0.3) is 0 Å². The summed E-state index contributed by atoms with van der Waals surface area (Å²) in [5, 5.41) is 0. The highest BCUT2D eigenvalue weighted by atomic mass is 15.2. The second-order valence-electron chi connectivity index (χ2n) is 5.28. The molecule has 0 radical (unpaired) electrons. The van der Waals surface area contributed by atoms with E-state index in [1.165, 1.54) is 25.7 Å². The van der Waals surface area contributed by atoms with Crippen LogP contribution in [0.5, 0.6) is 0 Å². The van der Waals surface area contributed by atoms with E-state index in [-0.39, 0.29) is 0 Å². The Balaban J connectivity index is 2.03. The van der Waals surface area contributed by atoms with Gasteiger partial charge in [-0.05, 0) is 18.9 Å². The number of rotatable bonds is 4. The number of pyridine rings is 1. The predicted octanol–water partition coefficient (Wildman–Crippen LogP) is 1.68. The summed E-state index contributed by atoms with van der Waals surface area (Å²) in [4.78, 5) is 11.5.